The molecule has 3 heteroatoms. The Kier molecular flexibility index (Phi) is 5.10. The number of carbonyl (C=O) groups is 1. The summed E-state index contributed by atoms with van der Waals surface area (Å²) in [6.45, 7) is 1.39. The molecular weight excluding hydrogens is 204 g/mol. The van der Waals surface area contributed by atoms with Gasteiger partial charge >= 0.3 is 5.97 Å². The standard InChI is InChI=1S/C13H14O3/c1-11(14)13(15)16-10-6-5-9-12-7-3-2-4-8-12/h2-4,7-8,11,14H,9-10H2,1H3. The minimum absolute atomic E-state index is 0.0244. The SMILES string of the molecule is CC(O)C(=O)OCC#CCc1ccccc1. The van der Waals surface area contributed by atoms with Gasteiger partial charge in [0, 0.05) is 6.42 Å². The summed E-state index contributed by atoms with van der Waals surface area (Å²) in [6.07, 6.45) is -0.455. The van der Waals surface area contributed by atoms with Crippen LogP contribution in [0.4, 0.5) is 0 Å². The Bertz CT molecular complexity index is 385. The van der Waals surface area contributed by atoms with Crippen LogP contribution in [0.5, 0.6) is 0 Å². The molecule has 1 atom stereocenters. The van der Waals surface area contributed by atoms with E-state index in [4.69, 9.17) is 5.11 Å². The second kappa shape index (κ2) is 6.65. The Hall–Kier alpha value is -1.79. The maximum atomic E-state index is 10.8. The number of esters is 1. The molecule has 0 aliphatic rings. The molecule has 0 radical (unpaired) electrons. The van der Waals surface area contributed by atoms with Crippen LogP contribution in [0.1, 0.15) is 12.5 Å². The van der Waals surface area contributed by atoms with Crippen LogP contribution in [0.3, 0.4) is 0 Å². The summed E-state index contributed by atoms with van der Waals surface area (Å²) >= 11 is 0. The summed E-state index contributed by atoms with van der Waals surface area (Å²) in [4.78, 5) is 10.8. The van der Waals surface area contributed by atoms with Crippen molar-refractivity contribution in [3.63, 3.8) is 0 Å². The lowest BCUT2D eigenvalue weighted by atomic mass is 10.2. The lowest BCUT2D eigenvalue weighted by Crippen LogP contribution is -2.19. The van der Waals surface area contributed by atoms with E-state index in [0.717, 1.165) is 5.56 Å². The molecule has 1 N–H and O–H groups in total. The number of aliphatic hydroxyl groups is 1. The van der Waals surface area contributed by atoms with Gasteiger partial charge in [-0.15, -0.1) is 0 Å². The van der Waals surface area contributed by atoms with Crippen LogP contribution in [0.15, 0.2) is 30.3 Å². The van der Waals surface area contributed by atoms with Gasteiger partial charge < -0.3 is 9.84 Å². The summed E-state index contributed by atoms with van der Waals surface area (Å²) in [5, 5.41) is 8.83. The third kappa shape index (κ3) is 4.63. The quantitative estimate of drug-likeness (QED) is 0.611. The third-order valence-corrected chi connectivity index (χ3v) is 1.89. The molecule has 0 aromatic heterocycles. The molecule has 0 heterocycles. The van der Waals surface area contributed by atoms with Crippen LogP contribution in [0, 0.1) is 11.8 Å². The first-order valence-corrected chi connectivity index (χ1v) is 5.04. The Balaban J connectivity index is 2.27. The number of hydrogen-bond donors (Lipinski definition) is 1. The molecule has 3 nitrogen and oxygen atoms in total. The number of rotatable bonds is 3. The van der Waals surface area contributed by atoms with E-state index in [1.807, 2.05) is 30.3 Å². The predicted molar refractivity (Wildman–Crippen MR) is 60.6 cm³/mol. The molecule has 0 amide bonds. The van der Waals surface area contributed by atoms with E-state index in [1.54, 1.807) is 0 Å². The summed E-state index contributed by atoms with van der Waals surface area (Å²) in [5.74, 6) is 4.96. The van der Waals surface area contributed by atoms with E-state index in [2.05, 4.69) is 16.6 Å². The van der Waals surface area contributed by atoms with E-state index in [9.17, 15) is 4.79 Å². The van der Waals surface area contributed by atoms with Crippen molar-refractivity contribution in [1.82, 2.24) is 0 Å². The fourth-order valence-corrected chi connectivity index (χ4v) is 1.04. The molecule has 0 aliphatic heterocycles. The lowest BCUT2D eigenvalue weighted by Gasteiger charge is -2.01. The summed E-state index contributed by atoms with van der Waals surface area (Å²) in [7, 11) is 0. The first-order valence-electron chi connectivity index (χ1n) is 5.04. The molecule has 1 aromatic rings. The van der Waals surface area contributed by atoms with Crippen LogP contribution in [0.2, 0.25) is 0 Å². The molecule has 1 aromatic carbocycles. The smallest absolute Gasteiger partial charge is 0.335 e. The van der Waals surface area contributed by atoms with Gasteiger partial charge in [-0.1, -0.05) is 42.2 Å². The van der Waals surface area contributed by atoms with Gasteiger partial charge in [0.2, 0.25) is 0 Å². The number of carbonyl (C=O) groups excluding carboxylic acids is 1. The Morgan fingerprint density at radius 1 is 1.38 bits per heavy atom. The fourth-order valence-electron chi connectivity index (χ4n) is 1.04. The van der Waals surface area contributed by atoms with E-state index in [0.29, 0.717) is 6.42 Å². The molecule has 0 aliphatic carbocycles. The van der Waals surface area contributed by atoms with E-state index >= 15 is 0 Å². The normalized spacial score (nSPS) is 11.1. The number of benzene rings is 1. The fraction of sp³-hybridized carbons (Fsp3) is 0.308. The maximum Gasteiger partial charge on any atom is 0.335 e. The van der Waals surface area contributed by atoms with Crippen molar-refractivity contribution in [2.75, 3.05) is 6.61 Å². The molecule has 0 fully saturated rings. The molecular formula is C13H14O3. The first kappa shape index (κ1) is 12.3. The molecule has 0 spiro atoms. The van der Waals surface area contributed by atoms with Gasteiger partial charge in [-0.25, -0.2) is 4.79 Å². The highest BCUT2D eigenvalue weighted by molar-refractivity contribution is 5.73. The Morgan fingerprint density at radius 2 is 2.06 bits per heavy atom. The maximum absolute atomic E-state index is 10.8. The zero-order chi connectivity index (χ0) is 11.8. The molecule has 1 rings (SSSR count). The first-order chi connectivity index (χ1) is 7.70. The topological polar surface area (TPSA) is 46.5 Å². The predicted octanol–water partition coefficient (Wildman–Crippen LogP) is 1.16. The second-order valence-electron chi connectivity index (χ2n) is 3.30. The Labute approximate surface area is 95.1 Å². The van der Waals surface area contributed by atoms with Crippen molar-refractivity contribution in [1.29, 1.82) is 0 Å². The van der Waals surface area contributed by atoms with Gasteiger partial charge in [-0.05, 0) is 12.5 Å². The van der Waals surface area contributed by atoms with E-state index in [-0.39, 0.29) is 6.61 Å². The average molecular weight is 218 g/mol. The van der Waals surface area contributed by atoms with Gasteiger partial charge in [0.15, 0.2) is 6.61 Å². The number of aliphatic hydroxyl groups excluding tert-OH is 1. The Morgan fingerprint density at radius 3 is 2.69 bits per heavy atom. The molecule has 1 unspecified atom stereocenters. The zero-order valence-corrected chi connectivity index (χ0v) is 9.14. The van der Waals surface area contributed by atoms with Crippen molar-refractivity contribution < 1.29 is 14.6 Å². The van der Waals surface area contributed by atoms with Gasteiger partial charge in [-0.2, -0.15) is 0 Å². The monoisotopic (exact) mass is 218 g/mol. The zero-order valence-electron chi connectivity index (χ0n) is 9.14. The second-order valence-corrected chi connectivity index (χ2v) is 3.30. The third-order valence-electron chi connectivity index (χ3n) is 1.89. The molecule has 0 bridgehead atoms. The molecule has 16 heavy (non-hydrogen) atoms. The number of hydrogen-bond acceptors (Lipinski definition) is 3. The number of ether oxygens (including phenoxy) is 1. The van der Waals surface area contributed by atoms with Crippen LogP contribution in [-0.4, -0.2) is 23.8 Å². The van der Waals surface area contributed by atoms with E-state index < -0.39 is 12.1 Å². The minimum Gasteiger partial charge on any atom is -0.451 e. The highest BCUT2D eigenvalue weighted by atomic mass is 16.5. The lowest BCUT2D eigenvalue weighted by molar-refractivity contribution is -0.150. The largest absolute Gasteiger partial charge is 0.451 e. The van der Waals surface area contributed by atoms with Crippen molar-refractivity contribution >= 4 is 5.97 Å². The molecule has 0 saturated carbocycles. The van der Waals surface area contributed by atoms with Crippen LogP contribution in [-0.2, 0) is 16.0 Å². The van der Waals surface area contributed by atoms with Crippen LogP contribution < -0.4 is 0 Å². The van der Waals surface area contributed by atoms with Crippen LogP contribution >= 0.6 is 0 Å². The highest BCUT2D eigenvalue weighted by Crippen LogP contribution is 1.97. The van der Waals surface area contributed by atoms with Crippen molar-refractivity contribution in [2.24, 2.45) is 0 Å². The summed E-state index contributed by atoms with van der Waals surface area (Å²) in [5.41, 5.74) is 1.12. The van der Waals surface area contributed by atoms with Gasteiger partial charge in [0.25, 0.3) is 0 Å². The van der Waals surface area contributed by atoms with E-state index in [1.165, 1.54) is 6.92 Å². The summed E-state index contributed by atoms with van der Waals surface area (Å²) in [6, 6.07) is 9.81. The van der Waals surface area contributed by atoms with Crippen molar-refractivity contribution in [2.45, 2.75) is 19.4 Å². The summed E-state index contributed by atoms with van der Waals surface area (Å²) < 4.78 is 4.68. The van der Waals surface area contributed by atoms with Crippen LogP contribution in [0.25, 0.3) is 0 Å². The minimum atomic E-state index is -1.09. The van der Waals surface area contributed by atoms with Gasteiger partial charge in [-0.3, -0.25) is 0 Å². The van der Waals surface area contributed by atoms with Gasteiger partial charge in [0.1, 0.15) is 6.10 Å². The van der Waals surface area contributed by atoms with Crippen molar-refractivity contribution in [3.05, 3.63) is 35.9 Å². The van der Waals surface area contributed by atoms with Gasteiger partial charge in [0.05, 0.1) is 0 Å². The highest BCUT2D eigenvalue weighted by Gasteiger charge is 2.07. The average Bonchev–Trinajstić information content (AvgIpc) is 2.29. The van der Waals surface area contributed by atoms with Crippen molar-refractivity contribution in [3.8, 4) is 11.8 Å². The molecule has 84 valence electrons. The molecule has 0 saturated heterocycles.